The average molecular weight is 465 g/mol. The maximum Gasteiger partial charge on any atom is 0.252 e. The first kappa shape index (κ1) is 15.9. The second kappa shape index (κ2) is 6.53. The minimum Gasteiger partial charge on any atom is -0.345 e. The van der Waals surface area contributed by atoms with Crippen molar-refractivity contribution in [1.82, 2.24) is 10.3 Å². The summed E-state index contributed by atoms with van der Waals surface area (Å²) in [5, 5.41) is 4.06. The molecular weight excluding hydrogens is 451 g/mol. The summed E-state index contributed by atoms with van der Waals surface area (Å²) >= 11 is 7.25. The number of thiazole rings is 1. The van der Waals surface area contributed by atoms with E-state index >= 15 is 0 Å². The molecule has 0 saturated carbocycles. The van der Waals surface area contributed by atoms with Crippen LogP contribution in [0.25, 0.3) is 0 Å². The zero-order valence-corrected chi connectivity index (χ0v) is 15.9. The molecular formula is C14H14BrIN2OS. The first-order valence-electron chi connectivity index (χ1n) is 6.08. The molecule has 0 spiro atoms. The van der Waals surface area contributed by atoms with Gasteiger partial charge in [0, 0.05) is 12.9 Å². The van der Waals surface area contributed by atoms with Crippen LogP contribution in [-0.2, 0) is 0 Å². The highest BCUT2D eigenvalue weighted by Crippen LogP contribution is 2.26. The van der Waals surface area contributed by atoms with E-state index in [-0.39, 0.29) is 11.9 Å². The predicted octanol–water partition coefficient (Wildman–Crippen LogP) is 4.62. The molecule has 0 saturated heterocycles. The Kier molecular flexibility index (Phi) is 5.19. The molecule has 0 radical (unpaired) electrons. The average Bonchev–Trinajstić information content (AvgIpc) is 2.71. The van der Waals surface area contributed by atoms with Crippen LogP contribution in [0.4, 0.5) is 0 Å². The topological polar surface area (TPSA) is 42.0 Å². The number of aryl methyl sites for hydroxylation is 2. The molecule has 0 bridgehead atoms. The van der Waals surface area contributed by atoms with E-state index in [0.717, 1.165) is 23.6 Å². The van der Waals surface area contributed by atoms with Crippen molar-refractivity contribution in [3.63, 3.8) is 0 Å². The van der Waals surface area contributed by atoms with Crippen molar-refractivity contribution in [3.05, 3.63) is 47.4 Å². The van der Waals surface area contributed by atoms with Gasteiger partial charge in [0.1, 0.15) is 0 Å². The highest BCUT2D eigenvalue weighted by Gasteiger charge is 2.17. The Labute approximate surface area is 144 Å². The van der Waals surface area contributed by atoms with Crippen molar-refractivity contribution < 1.29 is 4.79 Å². The predicted molar refractivity (Wildman–Crippen MR) is 94.3 cm³/mol. The molecule has 2 aromatic rings. The lowest BCUT2D eigenvalue weighted by Gasteiger charge is -2.14. The summed E-state index contributed by atoms with van der Waals surface area (Å²) < 4.78 is 1.84. The fourth-order valence-electron chi connectivity index (χ4n) is 1.96. The number of rotatable bonds is 3. The lowest BCUT2D eigenvalue weighted by Crippen LogP contribution is -2.27. The summed E-state index contributed by atoms with van der Waals surface area (Å²) in [7, 11) is 0. The number of hydrogen-bond acceptors (Lipinski definition) is 3. The van der Waals surface area contributed by atoms with Gasteiger partial charge < -0.3 is 5.32 Å². The molecule has 1 N–H and O–H groups in total. The van der Waals surface area contributed by atoms with Crippen LogP contribution < -0.4 is 5.32 Å². The lowest BCUT2D eigenvalue weighted by molar-refractivity contribution is 0.0939. The third kappa shape index (κ3) is 3.59. The molecule has 0 fully saturated rings. The first-order chi connectivity index (χ1) is 9.38. The van der Waals surface area contributed by atoms with E-state index in [1.165, 1.54) is 0 Å². The van der Waals surface area contributed by atoms with Crippen molar-refractivity contribution in [1.29, 1.82) is 0 Å². The SMILES string of the molecule is Cc1nc(C)c(C(C)NC(=O)c2cc(I)ccc2Br)s1. The Morgan fingerprint density at radius 3 is 2.75 bits per heavy atom. The highest BCUT2D eigenvalue weighted by atomic mass is 127. The van der Waals surface area contributed by atoms with Crippen LogP contribution in [0.2, 0.25) is 0 Å². The minimum atomic E-state index is -0.0756. The van der Waals surface area contributed by atoms with Gasteiger partial charge in [0.25, 0.3) is 5.91 Å². The second-order valence-corrected chi connectivity index (χ2v) is 7.84. The number of benzene rings is 1. The van der Waals surface area contributed by atoms with Crippen LogP contribution in [-0.4, -0.2) is 10.9 Å². The van der Waals surface area contributed by atoms with E-state index < -0.39 is 0 Å². The molecule has 3 nitrogen and oxygen atoms in total. The van der Waals surface area contributed by atoms with E-state index in [9.17, 15) is 4.79 Å². The zero-order valence-electron chi connectivity index (χ0n) is 11.3. The Hall–Kier alpha value is -0.470. The van der Waals surface area contributed by atoms with Gasteiger partial charge in [-0.3, -0.25) is 4.79 Å². The van der Waals surface area contributed by atoms with Gasteiger partial charge in [-0.2, -0.15) is 0 Å². The number of nitrogens with zero attached hydrogens (tertiary/aromatic N) is 1. The zero-order chi connectivity index (χ0) is 14.9. The number of carbonyl (C=O) groups excluding carboxylic acids is 1. The smallest absolute Gasteiger partial charge is 0.252 e. The van der Waals surface area contributed by atoms with Crippen LogP contribution in [0.5, 0.6) is 0 Å². The maximum atomic E-state index is 12.4. The van der Waals surface area contributed by atoms with E-state index in [2.05, 4.69) is 48.8 Å². The van der Waals surface area contributed by atoms with Crippen molar-refractivity contribution in [3.8, 4) is 0 Å². The van der Waals surface area contributed by atoms with E-state index in [0.29, 0.717) is 5.56 Å². The molecule has 1 aromatic heterocycles. The Bertz CT molecular complexity index is 657. The van der Waals surface area contributed by atoms with Crippen molar-refractivity contribution in [2.75, 3.05) is 0 Å². The molecule has 0 aliphatic heterocycles. The summed E-state index contributed by atoms with van der Waals surface area (Å²) in [5.74, 6) is -0.0756. The van der Waals surface area contributed by atoms with Crippen molar-refractivity contribution in [2.45, 2.75) is 26.8 Å². The van der Waals surface area contributed by atoms with E-state index in [4.69, 9.17) is 0 Å². The molecule has 1 heterocycles. The summed E-state index contributed by atoms with van der Waals surface area (Å²) in [6.07, 6.45) is 0. The molecule has 2 rings (SSSR count). The normalized spacial score (nSPS) is 12.2. The number of aromatic nitrogens is 1. The van der Waals surface area contributed by atoms with Crippen LogP contribution in [0.3, 0.4) is 0 Å². The van der Waals surface area contributed by atoms with Gasteiger partial charge in [0.2, 0.25) is 0 Å². The summed E-state index contributed by atoms with van der Waals surface area (Å²) in [4.78, 5) is 17.9. The highest BCUT2D eigenvalue weighted by molar-refractivity contribution is 14.1. The van der Waals surface area contributed by atoms with Gasteiger partial charge >= 0.3 is 0 Å². The molecule has 0 aliphatic carbocycles. The molecule has 1 aromatic carbocycles. The molecule has 1 amide bonds. The van der Waals surface area contributed by atoms with Gasteiger partial charge in [0.05, 0.1) is 22.3 Å². The second-order valence-electron chi connectivity index (χ2n) is 4.50. The Morgan fingerprint density at radius 1 is 1.45 bits per heavy atom. The number of hydrogen-bond donors (Lipinski definition) is 1. The largest absolute Gasteiger partial charge is 0.345 e. The van der Waals surface area contributed by atoms with Gasteiger partial charge in [0.15, 0.2) is 0 Å². The molecule has 0 aliphatic rings. The van der Waals surface area contributed by atoms with Gasteiger partial charge in [-0.1, -0.05) is 0 Å². The van der Waals surface area contributed by atoms with Crippen LogP contribution in [0.1, 0.15) is 38.9 Å². The quantitative estimate of drug-likeness (QED) is 0.673. The third-order valence-electron chi connectivity index (χ3n) is 2.85. The molecule has 1 unspecified atom stereocenters. The van der Waals surface area contributed by atoms with Crippen LogP contribution in [0, 0.1) is 17.4 Å². The minimum absolute atomic E-state index is 0.0431. The van der Waals surface area contributed by atoms with E-state index in [1.807, 2.05) is 39.0 Å². The summed E-state index contributed by atoms with van der Waals surface area (Å²) in [6, 6.07) is 5.68. The van der Waals surface area contributed by atoms with Crippen molar-refractivity contribution >= 4 is 55.8 Å². The van der Waals surface area contributed by atoms with Gasteiger partial charge in [-0.15, -0.1) is 11.3 Å². The standard InChI is InChI=1S/C14H14BrIN2OS/c1-7-13(20-9(3)17-7)8(2)18-14(19)11-6-10(16)4-5-12(11)15/h4-6,8H,1-3H3,(H,18,19). The molecule has 20 heavy (non-hydrogen) atoms. The van der Waals surface area contributed by atoms with Gasteiger partial charge in [-0.25, -0.2) is 4.98 Å². The fraction of sp³-hybridized carbons (Fsp3) is 0.286. The lowest BCUT2D eigenvalue weighted by atomic mass is 10.2. The Balaban J connectivity index is 2.19. The maximum absolute atomic E-state index is 12.4. The number of carbonyl (C=O) groups is 1. The van der Waals surface area contributed by atoms with E-state index in [1.54, 1.807) is 11.3 Å². The fourth-order valence-corrected chi connectivity index (χ4v) is 3.81. The van der Waals surface area contributed by atoms with Crippen LogP contribution in [0.15, 0.2) is 22.7 Å². The number of amides is 1. The third-order valence-corrected chi connectivity index (χ3v) is 5.47. The van der Waals surface area contributed by atoms with Crippen LogP contribution >= 0.6 is 49.9 Å². The molecule has 106 valence electrons. The molecule has 6 heteroatoms. The van der Waals surface area contributed by atoms with Gasteiger partial charge in [-0.05, 0) is 77.5 Å². The Morgan fingerprint density at radius 2 is 2.15 bits per heavy atom. The monoisotopic (exact) mass is 464 g/mol. The number of halogens is 2. The first-order valence-corrected chi connectivity index (χ1v) is 8.77. The van der Waals surface area contributed by atoms with Crippen molar-refractivity contribution in [2.24, 2.45) is 0 Å². The summed E-state index contributed by atoms with van der Waals surface area (Å²) in [5.41, 5.74) is 1.64. The molecule has 1 atom stereocenters. The number of nitrogens with one attached hydrogen (secondary N) is 1. The summed E-state index contributed by atoms with van der Waals surface area (Å²) in [6.45, 7) is 5.94.